The molecule has 3 heterocycles. The molecule has 28 heavy (non-hydrogen) atoms. The van der Waals surface area contributed by atoms with Crippen molar-refractivity contribution in [2.24, 2.45) is 0 Å². The highest BCUT2D eigenvalue weighted by molar-refractivity contribution is 8.00. The first-order valence-corrected chi connectivity index (χ1v) is 10.1. The number of rotatable bonds is 6. The third-order valence-electron chi connectivity index (χ3n) is 5.01. The van der Waals surface area contributed by atoms with Crippen molar-refractivity contribution in [3.05, 3.63) is 60.1 Å². The van der Waals surface area contributed by atoms with Crippen LogP contribution >= 0.6 is 11.8 Å². The lowest BCUT2D eigenvalue weighted by atomic mass is 10.0. The Morgan fingerprint density at radius 1 is 1.25 bits per heavy atom. The molecule has 2 fully saturated rings. The van der Waals surface area contributed by atoms with Crippen LogP contribution in [0.3, 0.4) is 0 Å². The van der Waals surface area contributed by atoms with Gasteiger partial charge in [-0.1, -0.05) is 30.3 Å². The first-order valence-electron chi connectivity index (χ1n) is 9.07. The zero-order chi connectivity index (χ0) is 19.6. The molecule has 1 aromatic heterocycles. The van der Waals surface area contributed by atoms with Crippen molar-refractivity contribution in [3.8, 4) is 0 Å². The van der Waals surface area contributed by atoms with Gasteiger partial charge in [0.2, 0.25) is 5.91 Å². The molecule has 0 bridgehead atoms. The SMILES string of the molecule is O=C(COC(=O)[C@@H]1CS[C@@]2(c3ccccc3)CCC(=O)N12)NCc1ccco1. The summed E-state index contributed by atoms with van der Waals surface area (Å²) < 4.78 is 10.3. The van der Waals surface area contributed by atoms with Gasteiger partial charge in [-0.2, -0.15) is 0 Å². The zero-order valence-corrected chi connectivity index (χ0v) is 15.9. The van der Waals surface area contributed by atoms with E-state index in [1.165, 1.54) is 6.26 Å². The number of carbonyl (C=O) groups is 3. The number of thioether (sulfide) groups is 1. The molecule has 0 unspecified atom stereocenters. The fraction of sp³-hybridized carbons (Fsp3) is 0.350. The number of nitrogens with zero attached hydrogens (tertiary/aromatic N) is 1. The lowest BCUT2D eigenvalue weighted by Crippen LogP contribution is -2.47. The molecule has 0 radical (unpaired) electrons. The van der Waals surface area contributed by atoms with E-state index in [2.05, 4.69) is 5.32 Å². The average molecular weight is 400 g/mol. The highest BCUT2D eigenvalue weighted by Gasteiger charge is 2.57. The molecule has 0 saturated carbocycles. The Labute approximate surface area is 166 Å². The quantitative estimate of drug-likeness (QED) is 0.747. The predicted octanol–water partition coefficient (Wildman–Crippen LogP) is 2.03. The van der Waals surface area contributed by atoms with E-state index in [1.54, 1.807) is 28.8 Å². The standard InChI is InChI=1S/C20H20N2O5S/c23-17(21-11-15-7-4-10-26-15)12-27-19(25)16-13-28-20(9-8-18(24)22(16)20)14-5-2-1-3-6-14/h1-7,10,16H,8-9,11-13H2,(H,21,23)/t16-,20+/m0/s1. The number of furan rings is 1. The molecule has 1 aromatic carbocycles. The minimum absolute atomic E-state index is 0.0573. The minimum atomic E-state index is -0.682. The van der Waals surface area contributed by atoms with Crippen LogP contribution in [0.5, 0.6) is 0 Å². The topological polar surface area (TPSA) is 88.9 Å². The highest BCUT2D eigenvalue weighted by Crippen LogP contribution is 2.54. The van der Waals surface area contributed by atoms with Crippen LogP contribution < -0.4 is 5.32 Å². The molecule has 146 valence electrons. The number of benzene rings is 1. The summed E-state index contributed by atoms with van der Waals surface area (Å²) in [5.41, 5.74) is 1.01. The number of hydrogen-bond acceptors (Lipinski definition) is 6. The van der Waals surface area contributed by atoms with Gasteiger partial charge in [0.1, 0.15) is 16.7 Å². The molecule has 2 aromatic rings. The molecule has 2 atom stereocenters. The summed E-state index contributed by atoms with van der Waals surface area (Å²) in [7, 11) is 0. The predicted molar refractivity (Wildman–Crippen MR) is 102 cm³/mol. The molecule has 0 spiro atoms. The molecular formula is C20H20N2O5S. The van der Waals surface area contributed by atoms with E-state index in [0.29, 0.717) is 24.4 Å². The molecule has 7 nitrogen and oxygen atoms in total. The van der Waals surface area contributed by atoms with Crippen LogP contribution in [0.2, 0.25) is 0 Å². The minimum Gasteiger partial charge on any atom is -0.467 e. The third-order valence-corrected chi connectivity index (χ3v) is 6.61. The van der Waals surface area contributed by atoms with Gasteiger partial charge in [-0.15, -0.1) is 11.8 Å². The molecule has 2 amide bonds. The van der Waals surface area contributed by atoms with Crippen LogP contribution in [-0.2, 0) is 30.5 Å². The van der Waals surface area contributed by atoms with E-state index < -0.39 is 22.8 Å². The molecule has 8 heteroatoms. The number of ether oxygens (including phenoxy) is 1. The van der Waals surface area contributed by atoms with Gasteiger partial charge in [-0.05, 0) is 24.1 Å². The van der Waals surface area contributed by atoms with Gasteiger partial charge in [0, 0.05) is 12.2 Å². The fourth-order valence-corrected chi connectivity index (χ4v) is 5.33. The van der Waals surface area contributed by atoms with Crippen LogP contribution in [-0.4, -0.2) is 41.1 Å². The normalized spacial score (nSPS) is 23.5. The van der Waals surface area contributed by atoms with Crippen LogP contribution in [0.1, 0.15) is 24.2 Å². The van der Waals surface area contributed by atoms with E-state index in [1.807, 2.05) is 30.3 Å². The summed E-state index contributed by atoms with van der Waals surface area (Å²) in [6.07, 6.45) is 2.58. The zero-order valence-electron chi connectivity index (χ0n) is 15.1. The molecule has 2 aliphatic rings. The van der Waals surface area contributed by atoms with E-state index in [0.717, 1.165) is 5.56 Å². The second kappa shape index (κ2) is 7.71. The number of esters is 1. The summed E-state index contributed by atoms with van der Waals surface area (Å²) in [5.74, 6) is 0.0412. The van der Waals surface area contributed by atoms with Crippen molar-refractivity contribution in [2.45, 2.75) is 30.3 Å². The molecule has 4 rings (SSSR count). The number of hydrogen-bond donors (Lipinski definition) is 1. The van der Waals surface area contributed by atoms with Crippen molar-refractivity contribution in [1.29, 1.82) is 0 Å². The Morgan fingerprint density at radius 2 is 2.07 bits per heavy atom. The fourth-order valence-electron chi connectivity index (χ4n) is 3.70. The molecule has 1 N–H and O–H groups in total. The van der Waals surface area contributed by atoms with Gasteiger partial charge in [-0.3, -0.25) is 9.59 Å². The average Bonchev–Trinajstić information content (AvgIpc) is 3.43. The van der Waals surface area contributed by atoms with Crippen molar-refractivity contribution in [3.63, 3.8) is 0 Å². The first kappa shape index (κ1) is 18.6. The lowest BCUT2D eigenvalue weighted by Gasteiger charge is -2.33. The monoisotopic (exact) mass is 400 g/mol. The summed E-state index contributed by atoms with van der Waals surface area (Å²) in [4.78, 5) is 38.2. The Balaban J connectivity index is 1.38. The second-order valence-electron chi connectivity index (χ2n) is 6.70. The maximum absolute atomic E-state index is 12.6. The molecule has 0 aliphatic carbocycles. The summed E-state index contributed by atoms with van der Waals surface area (Å²) in [6, 6.07) is 12.5. The maximum Gasteiger partial charge on any atom is 0.330 e. The largest absolute Gasteiger partial charge is 0.467 e. The lowest BCUT2D eigenvalue weighted by molar-refractivity contribution is -0.156. The third kappa shape index (κ3) is 3.40. The number of nitrogens with one attached hydrogen (secondary N) is 1. The van der Waals surface area contributed by atoms with Crippen molar-refractivity contribution < 1.29 is 23.5 Å². The van der Waals surface area contributed by atoms with Gasteiger partial charge in [-0.25, -0.2) is 4.79 Å². The number of amides is 2. The van der Waals surface area contributed by atoms with Crippen LogP contribution in [0.4, 0.5) is 0 Å². The van der Waals surface area contributed by atoms with Gasteiger partial charge >= 0.3 is 5.97 Å². The van der Waals surface area contributed by atoms with Gasteiger partial charge in [0.15, 0.2) is 6.61 Å². The summed E-state index contributed by atoms with van der Waals surface area (Å²) in [6.45, 7) is -0.161. The van der Waals surface area contributed by atoms with Crippen LogP contribution in [0.15, 0.2) is 53.1 Å². The maximum atomic E-state index is 12.6. The number of carbonyl (C=O) groups excluding carboxylic acids is 3. The second-order valence-corrected chi connectivity index (χ2v) is 8.00. The smallest absolute Gasteiger partial charge is 0.330 e. The van der Waals surface area contributed by atoms with Gasteiger partial charge < -0.3 is 19.4 Å². The Morgan fingerprint density at radius 3 is 2.82 bits per heavy atom. The Kier molecular flexibility index (Phi) is 5.13. The van der Waals surface area contributed by atoms with Crippen molar-refractivity contribution in [1.82, 2.24) is 10.2 Å². The Bertz CT molecular complexity index is 870. The highest BCUT2D eigenvalue weighted by atomic mass is 32.2. The van der Waals surface area contributed by atoms with Crippen molar-refractivity contribution in [2.75, 3.05) is 12.4 Å². The molecule has 2 aliphatic heterocycles. The first-order chi connectivity index (χ1) is 13.6. The number of fused-ring (bicyclic) bond motifs is 1. The van der Waals surface area contributed by atoms with E-state index in [4.69, 9.17) is 9.15 Å². The van der Waals surface area contributed by atoms with E-state index in [-0.39, 0.29) is 19.1 Å². The van der Waals surface area contributed by atoms with E-state index >= 15 is 0 Å². The van der Waals surface area contributed by atoms with Crippen LogP contribution in [0.25, 0.3) is 0 Å². The van der Waals surface area contributed by atoms with Gasteiger partial charge in [0.05, 0.1) is 12.8 Å². The summed E-state index contributed by atoms with van der Waals surface area (Å²) >= 11 is 1.59. The Hall–Kier alpha value is -2.74. The molecule has 2 saturated heterocycles. The van der Waals surface area contributed by atoms with Crippen LogP contribution in [0, 0.1) is 0 Å². The van der Waals surface area contributed by atoms with Gasteiger partial charge in [0.25, 0.3) is 5.91 Å². The van der Waals surface area contributed by atoms with Crippen molar-refractivity contribution >= 4 is 29.5 Å². The van der Waals surface area contributed by atoms with E-state index in [9.17, 15) is 14.4 Å². The summed E-state index contributed by atoms with van der Waals surface area (Å²) in [5, 5.41) is 2.62. The molecular weight excluding hydrogens is 380 g/mol.